The van der Waals surface area contributed by atoms with Crippen molar-refractivity contribution >= 4 is 45.4 Å². The number of benzene rings is 2. The van der Waals surface area contributed by atoms with Crippen LogP contribution in [0.4, 0.5) is 0 Å². The Kier molecular flexibility index (Phi) is 5.76. The van der Waals surface area contributed by atoms with E-state index in [2.05, 4.69) is 44.0 Å². The quantitative estimate of drug-likeness (QED) is 0.507. The molecule has 0 bridgehead atoms. The maximum Gasteiger partial charge on any atom is 0.138 e. The van der Waals surface area contributed by atoms with E-state index in [4.69, 9.17) is 0 Å². The van der Waals surface area contributed by atoms with Gasteiger partial charge in [0, 0.05) is 11.1 Å². The summed E-state index contributed by atoms with van der Waals surface area (Å²) in [5.41, 5.74) is 6.70. The fraction of sp³-hybridized carbons (Fsp3) is 0.400. The summed E-state index contributed by atoms with van der Waals surface area (Å²) in [6, 6.07) is 4.10. The van der Waals surface area contributed by atoms with Gasteiger partial charge in [-0.25, -0.2) is 0 Å². The fourth-order valence-corrected chi connectivity index (χ4v) is 5.20. The first-order valence-corrected chi connectivity index (χ1v) is 10.2. The van der Waals surface area contributed by atoms with E-state index in [-0.39, 0.29) is 25.0 Å². The number of phenols is 2. The molecule has 0 saturated carbocycles. The second-order valence-electron chi connectivity index (χ2n) is 6.85. The van der Waals surface area contributed by atoms with Crippen molar-refractivity contribution < 1.29 is 10.2 Å². The zero-order chi connectivity index (χ0) is 16.8. The van der Waals surface area contributed by atoms with Crippen molar-refractivity contribution in [2.24, 2.45) is 0 Å². The van der Waals surface area contributed by atoms with Gasteiger partial charge in [0.25, 0.3) is 0 Å². The van der Waals surface area contributed by atoms with Gasteiger partial charge in [-0.2, -0.15) is 13.5 Å². The number of hydrogen-bond acceptors (Lipinski definition) is 2. The molecule has 25 heavy (non-hydrogen) atoms. The van der Waals surface area contributed by atoms with Gasteiger partial charge in [0.2, 0.25) is 0 Å². The van der Waals surface area contributed by atoms with Gasteiger partial charge >= 0.3 is 0 Å². The smallest absolute Gasteiger partial charge is 0.138 e. The lowest BCUT2D eigenvalue weighted by Gasteiger charge is -2.26. The molecule has 4 rings (SSSR count). The average molecular weight is 486 g/mol. The Morgan fingerprint density at radius 1 is 0.640 bits per heavy atom. The molecule has 0 unspecified atom stereocenters. The zero-order valence-corrected chi connectivity index (χ0v) is 18.1. The Labute approximate surface area is 172 Å². The first kappa shape index (κ1) is 19.1. The van der Waals surface area contributed by atoms with Crippen LogP contribution in [0.2, 0.25) is 0 Å². The molecule has 0 atom stereocenters. The van der Waals surface area contributed by atoms with E-state index in [0.717, 1.165) is 58.6 Å². The summed E-state index contributed by atoms with van der Waals surface area (Å²) >= 11 is 7.04. The number of fused-ring (bicyclic) bond motifs is 2. The highest BCUT2D eigenvalue weighted by Gasteiger charge is 2.27. The molecule has 0 aliphatic heterocycles. The number of halogens is 2. The van der Waals surface area contributed by atoms with Crippen molar-refractivity contribution in [3.05, 3.63) is 43.3 Å². The summed E-state index contributed by atoms with van der Waals surface area (Å²) in [6.07, 6.45) is 8.66. The summed E-state index contributed by atoms with van der Waals surface area (Å²) in [4.78, 5) is 0. The van der Waals surface area contributed by atoms with Crippen molar-refractivity contribution in [3.8, 4) is 22.6 Å². The van der Waals surface area contributed by atoms with Gasteiger partial charge in [0.15, 0.2) is 0 Å². The largest absolute Gasteiger partial charge is 0.506 e. The van der Waals surface area contributed by atoms with Crippen molar-refractivity contribution in [3.63, 3.8) is 0 Å². The lowest BCUT2D eigenvalue weighted by atomic mass is 9.80. The van der Waals surface area contributed by atoms with Crippen LogP contribution in [0, 0.1) is 0 Å². The van der Waals surface area contributed by atoms with Crippen LogP contribution in [0.25, 0.3) is 11.1 Å². The molecule has 0 amide bonds. The second-order valence-corrected chi connectivity index (χ2v) is 8.56. The zero-order valence-electron chi connectivity index (χ0n) is 14.0. The molecule has 2 aliphatic carbocycles. The van der Waals surface area contributed by atoms with E-state index in [9.17, 15) is 10.2 Å². The molecule has 2 nitrogen and oxygen atoms in total. The van der Waals surface area contributed by atoms with E-state index >= 15 is 0 Å². The molecule has 2 aromatic carbocycles. The molecule has 0 spiro atoms. The normalized spacial score (nSPS) is 15.9. The molecule has 2 N–H and O–H groups in total. The van der Waals surface area contributed by atoms with Crippen molar-refractivity contribution in [2.75, 3.05) is 0 Å². The van der Waals surface area contributed by atoms with Crippen LogP contribution in [0.15, 0.2) is 21.1 Å². The average Bonchev–Trinajstić information content (AvgIpc) is 2.58. The Morgan fingerprint density at radius 3 is 1.40 bits per heavy atom. The minimum absolute atomic E-state index is 0. The fourth-order valence-electron chi connectivity index (χ4n) is 4.25. The molecule has 2 aromatic rings. The molecule has 0 radical (unpaired) electrons. The first-order chi connectivity index (χ1) is 11.6. The van der Waals surface area contributed by atoms with Crippen LogP contribution in [-0.4, -0.2) is 10.2 Å². The van der Waals surface area contributed by atoms with E-state index in [1.54, 1.807) is 0 Å². The minimum Gasteiger partial charge on any atom is -0.506 e. The Morgan fingerprint density at radius 2 is 1.00 bits per heavy atom. The predicted octanol–water partition coefficient (Wildman–Crippen LogP) is 6.16. The molecule has 0 saturated heterocycles. The lowest BCUT2D eigenvalue weighted by Crippen LogP contribution is -2.09. The third kappa shape index (κ3) is 3.24. The highest BCUT2D eigenvalue weighted by molar-refractivity contribution is 9.11. The first-order valence-electron chi connectivity index (χ1n) is 8.64. The molecule has 5 heteroatoms. The predicted molar refractivity (Wildman–Crippen MR) is 114 cm³/mol. The van der Waals surface area contributed by atoms with Gasteiger partial charge in [-0.05, 0) is 118 Å². The van der Waals surface area contributed by atoms with Gasteiger partial charge in [0.1, 0.15) is 11.5 Å². The monoisotopic (exact) mass is 484 g/mol. The van der Waals surface area contributed by atoms with Crippen LogP contribution < -0.4 is 0 Å². The van der Waals surface area contributed by atoms with Gasteiger partial charge < -0.3 is 10.2 Å². The van der Waals surface area contributed by atoms with Crippen LogP contribution >= 0.6 is 45.4 Å². The summed E-state index contributed by atoms with van der Waals surface area (Å²) in [7, 11) is 0. The molecular formula is C20H22Br2O2S. The number of aryl methyl sites for hydroxylation is 2. The maximum absolute atomic E-state index is 10.9. The minimum atomic E-state index is 0. The number of rotatable bonds is 1. The van der Waals surface area contributed by atoms with Gasteiger partial charge in [-0.3, -0.25) is 0 Å². The number of aromatic hydroxyl groups is 2. The van der Waals surface area contributed by atoms with Gasteiger partial charge in [-0.15, -0.1) is 0 Å². The third-order valence-corrected chi connectivity index (χ3v) is 6.61. The van der Waals surface area contributed by atoms with E-state index in [1.807, 2.05) is 0 Å². The summed E-state index contributed by atoms with van der Waals surface area (Å²) in [5.74, 6) is 0.522. The Hall–Kier alpha value is -0.650. The number of phenolic OH excluding ortho intramolecular Hbond substituents is 2. The SMILES string of the molecule is Oc1c(Br)cc2c(c1-c1c(O)c(Br)cc3c1CCCC3)CCCC2.S. The molecule has 0 aromatic heterocycles. The highest BCUT2D eigenvalue weighted by Crippen LogP contribution is 2.50. The van der Waals surface area contributed by atoms with Gasteiger partial charge in [0.05, 0.1) is 8.95 Å². The molecule has 2 aliphatic rings. The third-order valence-electron chi connectivity index (χ3n) is 5.40. The van der Waals surface area contributed by atoms with Crippen LogP contribution in [-0.2, 0) is 25.7 Å². The van der Waals surface area contributed by atoms with Crippen molar-refractivity contribution in [1.82, 2.24) is 0 Å². The van der Waals surface area contributed by atoms with Crippen molar-refractivity contribution in [2.45, 2.75) is 51.4 Å². The summed E-state index contributed by atoms with van der Waals surface area (Å²) < 4.78 is 1.45. The summed E-state index contributed by atoms with van der Waals surface area (Å²) in [6.45, 7) is 0. The van der Waals surface area contributed by atoms with E-state index in [1.165, 1.54) is 35.1 Å². The van der Waals surface area contributed by atoms with Crippen LogP contribution in [0.1, 0.15) is 47.9 Å². The van der Waals surface area contributed by atoms with Gasteiger partial charge in [-0.1, -0.05) is 0 Å². The van der Waals surface area contributed by atoms with Crippen molar-refractivity contribution in [1.29, 1.82) is 0 Å². The Bertz CT molecular complexity index is 764. The molecule has 0 fully saturated rings. The molecular weight excluding hydrogens is 464 g/mol. The van der Waals surface area contributed by atoms with E-state index < -0.39 is 0 Å². The standard InChI is InChI=1S/C20H20Br2O2.H2S/c21-15-9-11-5-1-3-7-13(11)17(19(15)23)18-14-8-4-2-6-12(14)10-16(22)20(18)24;/h9-10,23-24H,1-8H2;1H2. The Balaban J connectivity index is 0.00000182. The highest BCUT2D eigenvalue weighted by atomic mass is 79.9. The number of hydrogen-bond donors (Lipinski definition) is 2. The summed E-state index contributed by atoms with van der Waals surface area (Å²) in [5, 5.41) is 21.7. The lowest BCUT2D eigenvalue weighted by molar-refractivity contribution is 0.462. The maximum atomic E-state index is 10.9. The van der Waals surface area contributed by atoms with E-state index in [0.29, 0.717) is 0 Å². The molecule has 134 valence electrons. The van der Waals surface area contributed by atoms with Crippen LogP contribution in [0.3, 0.4) is 0 Å². The second kappa shape index (κ2) is 7.53. The topological polar surface area (TPSA) is 40.5 Å². The van der Waals surface area contributed by atoms with Crippen LogP contribution in [0.5, 0.6) is 11.5 Å². The molecule has 0 heterocycles.